The van der Waals surface area contributed by atoms with Crippen LogP contribution in [0.25, 0.3) is 0 Å². The van der Waals surface area contributed by atoms with Gasteiger partial charge in [-0.2, -0.15) is 0 Å². The number of nitrogens with one attached hydrogen (secondary N) is 1. The smallest absolute Gasteiger partial charge is 0.273 e. The maximum Gasteiger partial charge on any atom is 0.273 e. The fourth-order valence-electron chi connectivity index (χ4n) is 3.77. The Labute approximate surface area is 174 Å². The Kier molecular flexibility index (Phi) is 7.77. The van der Waals surface area contributed by atoms with Crippen LogP contribution in [0.1, 0.15) is 54.2 Å². The molecule has 158 valence electrons. The molecule has 1 atom stereocenters. The van der Waals surface area contributed by atoms with Gasteiger partial charge < -0.3 is 15.1 Å². The number of carbonyl (C=O) groups excluding carboxylic acids is 1. The fraction of sp³-hybridized carbons (Fsp3) is 0.591. The molecule has 1 aliphatic rings. The van der Waals surface area contributed by atoms with Gasteiger partial charge in [-0.15, -0.1) is 5.10 Å². The van der Waals surface area contributed by atoms with Crippen LogP contribution in [-0.2, 0) is 0 Å². The number of hydrogen-bond donors (Lipinski definition) is 1. The minimum Gasteiger partial charge on any atom is -0.349 e. The predicted octanol–water partition coefficient (Wildman–Crippen LogP) is 2.40. The van der Waals surface area contributed by atoms with E-state index in [4.69, 9.17) is 0 Å². The van der Waals surface area contributed by atoms with E-state index in [1.165, 1.54) is 12.0 Å². The molecule has 1 amide bonds. The second-order valence-corrected chi connectivity index (χ2v) is 8.32. The van der Waals surface area contributed by atoms with E-state index in [2.05, 4.69) is 57.8 Å². The highest BCUT2D eigenvalue weighted by molar-refractivity contribution is 5.91. The number of aromatic nitrogens is 3. The van der Waals surface area contributed by atoms with E-state index in [9.17, 15) is 4.79 Å². The summed E-state index contributed by atoms with van der Waals surface area (Å²) in [7, 11) is 3.97. The number of likely N-dealkylation sites (tertiary alicyclic amines) is 1. The molecule has 7 nitrogen and oxygen atoms in total. The van der Waals surface area contributed by atoms with Gasteiger partial charge in [-0.1, -0.05) is 42.5 Å². The van der Waals surface area contributed by atoms with Crippen LogP contribution in [0.2, 0.25) is 0 Å². The van der Waals surface area contributed by atoms with E-state index in [0.717, 1.165) is 39.0 Å². The standard InChI is InChI=1S/C22H34N6O/c1-18(19-7-5-4-6-8-19)9-13-27-14-10-20(11-15-27)28-17-21(24-25-28)22(29)23-12-16-26(2)3/h4-8,17-18,20H,9-16H2,1-3H3,(H,23,29)/t18-/m1/s1. The van der Waals surface area contributed by atoms with Crippen LogP contribution >= 0.6 is 0 Å². The third-order valence-corrected chi connectivity index (χ3v) is 5.77. The number of amides is 1. The van der Waals surface area contributed by atoms with Crippen LogP contribution in [0.3, 0.4) is 0 Å². The molecule has 2 heterocycles. The van der Waals surface area contributed by atoms with Crippen molar-refractivity contribution in [1.29, 1.82) is 0 Å². The van der Waals surface area contributed by atoms with Crippen molar-refractivity contribution in [2.75, 3.05) is 46.8 Å². The van der Waals surface area contributed by atoms with E-state index >= 15 is 0 Å². The number of piperidine rings is 1. The topological polar surface area (TPSA) is 66.3 Å². The van der Waals surface area contributed by atoms with Gasteiger partial charge in [0.15, 0.2) is 5.69 Å². The normalized spacial score (nSPS) is 16.8. The van der Waals surface area contributed by atoms with Gasteiger partial charge in [0.2, 0.25) is 0 Å². The molecular formula is C22H34N6O. The molecule has 7 heteroatoms. The number of rotatable bonds is 9. The molecule has 3 rings (SSSR count). The minimum absolute atomic E-state index is 0.148. The Morgan fingerprint density at radius 1 is 1.24 bits per heavy atom. The number of hydrogen-bond acceptors (Lipinski definition) is 5. The van der Waals surface area contributed by atoms with Crippen molar-refractivity contribution in [3.63, 3.8) is 0 Å². The predicted molar refractivity (Wildman–Crippen MR) is 115 cm³/mol. The van der Waals surface area contributed by atoms with E-state index < -0.39 is 0 Å². The van der Waals surface area contributed by atoms with Crippen LogP contribution in [-0.4, -0.2) is 77.5 Å². The van der Waals surface area contributed by atoms with Crippen molar-refractivity contribution >= 4 is 5.91 Å². The molecule has 0 bridgehead atoms. The first-order valence-corrected chi connectivity index (χ1v) is 10.6. The lowest BCUT2D eigenvalue weighted by atomic mass is 9.97. The van der Waals surface area contributed by atoms with Crippen molar-refractivity contribution in [3.05, 3.63) is 47.8 Å². The third kappa shape index (κ3) is 6.37. The number of carbonyl (C=O) groups is 1. The van der Waals surface area contributed by atoms with E-state index in [1.54, 1.807) is 6.20 Å². The monoisotopic (exact) mass is 398 g/mol. The Morgan fingerprint density at radius 2 is 1.97 bits per heavy atom. The molecule has 1 fully saturated rings. The Bertz CT molecular complexity index is 752. The molecule has 2 aromatic rings. The molecule has 0 radical (unpaired) electrons. The average Bonchev–Trinajstić information content (AvgIpc) is 3.23. The summed E-state index contributed by atoms with van der Waals surface area (Å²) in [4.78, 5) is 16.8. The van der Waals surface area contributed by atoms with Crippen molar-refractivity contribution in [3.8, 4) is 0 Å². The average molecular weight is 399 g/mol. The Hall–Kier alpha value is -2.25. The fourth-order valence-corrected chi connectivity index (χ4v) is 3.77. The second-order valence-electron chi connectivity index (χ2n) is 8.32. The minimum atomic E-state index is -0.148. The highest BCUT2D eigenvalue weighted by Gasteiger charge is 2.23. The molecule has 0 spiro atoms. The molecule has 0 aliphatic carbocycles. The largest absolute Gasteiger partial charge is 0.349 e. The third-order valence-electron chi connectivity index (χ3n) is 5.77. The second kappa shape index (κ2) is 10.5. The molecule has 0 saturated carbocycles. The summed E-state index contributed by atoms with van der Waals surface area (Å²) >= 11 is 0. The van der Waals surface area contributed by atoms with Crippen LogP contribution in [0.5, 0.6) is 0 Å². The highest BCUT2D eigenvalue weighted by Crippen LogP contribution is 2.24. The Morgan fingerprint density at radius 3 is 2.66 bits per heavy atom. The zero-order valence-corrected chi connectivity index (χ0v) is 17.9. The van der Waals surface area contributed by atoms with Crippen LogP contribution in [0.4, 0.5) is 0 Å². The van der Waals surface area contributed by atoms with Crippen LogP contribution in [0.15, 0.2) is 36.5 Å². The van der Waals surface area contributed by atoms with Gasteiger partial charge in [-0.25, -0.2) is 4.68 Å². The zero-order valence-electron chi connectivity index (χ0n) is 17.9. The number of nitrogens with zero attached hydrogens (tertiary/aromatic N) is 5. The molecule has 1 aliphatic heterocycles. The molecule has 1 aromatic carbocycles. The summed E-state index contributed by atoms with van der Waals surface area (Å²) in [6.07, 6.45) is 5.06. The number of likely N-dealkylation sites (N-methyl/N-ethyl adjacent to an activating group) is 1. The van der Waals surface area contributed by atoms with Gasteiger partial charge in [-0.05, 0) is 51.4 Å². The van der Waals surface area contributed by atoms with Gasteiger partial charge in [0.1, 0.15) is 0 Å². The lowest BCUT2D eigenvalue weighted by Gasteiger charge is -2.32. The van der Waals surface area contributed by atoms with Crippen LogP contribution in [0, 0.1) is 0 Å². The lowest BCUT2D eigenvalue weighted by Crippen LogP contribution is -2.35. The first-order chi connectivity index (χ1) is 14.0. The maximum atomic E-state index is 12.2. The van der Waals surface area contributed by atoms with Crippen molar-refractivity contribution in [2.45, 2.75) is 38.1 Å². The first kappa shape index (κ1) is 21.5. The summed E-state index contributed by atoms with van der Waals surface area (Å²) in [5.74, 6) is 0.434. The van der Waals surface area contributed by atoms with Gasteiger partial charge in [0.25, 0.3) is 5.91 Å². The zero-order chi connectivity index (χ0) is 20.6. The SMILES string of the molecule is C[C@H](CCN1CCC(n2cc(C(=O)NCCN(C)C)nn2)CC1)c1ccccc1. The quantitative estimate of drug-likeness (QED) is 0.703. The number of benzene rings is 1. The van der Waals surface area contributed by atoms with Crippen LogP contribution < -0.4 is 5.32 Å². The lowest BCUT2D eigenvalue weighted by molar-refractivity contribution is 0.0946. The van der Waals surface area contributed by atoms with Crippen molar-refractivity contribution < 1.29 is 4.79 Å². The van der Waals surface area contributed by atoms with Gasteiger partial charge in [0.05, 0.1) is 12.2 Å². The molecule has 29 heavy (non-hydrogen) atoms. The Balaban J connectivity index is 1.41. The van der Waals surface area contributed by atoms with Gasteiger partial charge >= 0.3 is 0 Å². The first-order valence-electron chi connectivity index (χ1n) is 10.6. The molecule has 1 saturated heterocycles. The molecule has 0 unspecified atom stereocenters. The van der Waals surface area contributed by atoms with Crippen molar-refractivity contribution in [2.24, 2.45) is 0 Å². The molecule has 1 N–H and O–H groups in total. The summed E-state index contributed by atoms with van der Waals surface area (Å²) in [5, 5.41) is 11.2. The summed E-state index contributed by atoms with van der Waals surface area (Å²) < 4.78 is 1.88. The summed E-state index contributed by atoms with van der Waals surface area (Å²) in [6, 6.07) is 11.1. The van der Waals surface area contributed by atoms with Gasteiger partial charge in [0, 0.05) is 26.2 Å². The molecular weight excluding hydrogens is 364 g/mol. The summed E-state index contributed by atoms with van der Waals surface area (Å²) in [5.41, 5.74) is 1.82. The summed E-state index contributed by atoms with van der Waals surface area (Å²) in [6.45, 7) is 6.98. The molecule has 1 aromatic heterocycles. The van der Waals surface area contributed by atoms with E-state index in [-0.39, 0.29) is 5.91 Å². The van der Waals surface area contributed by atoms with Gasteiger partial charge in [-0.3, -0.25) is 4.79 Å². The highest BCUT2D eigenvalue weighted by atomic mass is 16.2. The van der Waals surface area contributed by atoms with E-state index in [0.29, 0.717) is 24.2 Å². The maximum absolute atomic E-state index is 12.2. The van der Waals surface area contributed by atoms with Crippen molar-refractivity contribution in [1.82, 2.24) is 30.1 Å². The van der Waals surface area contributed by atoms with E-state index in [1.807, 2.05) is 23.7 Å².